The first-order valence-electron chi connectivity index (χ1n) is 4.94. The molecule has 3 N–H and O–H groups in total. The van der Waals surface area contributed by atoms with E-state index in [4.69, 9.17) is 10.5 Å². The fraction of sp³-hybridized carbons (Fsp3) is 0.455. The summed E-state index contributed by atoms with van der Waals surface area (Å²) in [6, 6.07) is 3.77. The van der Waals surface area contributed by atoms with Gasteiger partial charge in [-0.1, -0.05) is 0 Å². The lowest BCUT2D eigenvalue weighted by Crippen LogP contribution is -1.99. The lowest BCUT2D eigenvalue weighted by atomic mass is 10.1. The molecule has 0 bridgehead atoms. The van der Waals surface area contributed by atoms with Crippen molar-refractivity contribution in [1.29, 1.82) is 0 Å². The molecule has 0 radical (unpaired) electrons. The standard InChI is InChI=1S/C11H16BrNO2/c1-15-10-7-8(4-2-3-5-13)6-9(12)11(10)14/h6-7,14H,2-5,13H2,1H3. The van der Waals surface area contributed by atoms with Gasteiger partial charge in [-0.15, -0.1) is 0 Å². The van der Waals surface area contributed by atoms with Gasteiger partial charge in [-0.2, -0.15) is 0 Å². The predicted molar refractivity (Wildman–Crippen MR) is 64.4 cm³/mol. The minimum atomic E-state index is 0.153. The minimum absolute atomic E-state index is 0.153. The van der Waals surface area contributed by atoms with E-state index in [1.807, 2.05) is 12.1 Å². The zero-order chi connectivity index (χ0) is 11.3. The summed E-state index contributed by atoms with van der Waals surface area (Å²) < 4.78 is 5.74. The Hall–Kier alpha value is -0.740. The molecule has 0 atom stereocenters. The fourth-order valence-electron chi connectivity index (χ4n) is 1.40. The molecule has 15 heavy (non-hydrogen) atoms. The second-order valence-electron chi connectivity index (χ2n) is 3.37. The first-order chi connectivity index (χ1) is 7.19. The Kier molecular flexibility index (Phi) is 4.91. The van der Waals surface area contributed by atoms with E-state index in [-0.39, 0.29) is 5.75 Å². The highest BCUT2D eigenvalue weighted by atomic mass is 79.9. The number of rotatable bonds is 5. The maximum Gasteiger partial charge on any atom is 0.172 e. The third-order valence-electron chi connectivity index (χ3n) is 2.23. The fourth-order valence-corrected chi connectivity index (χ4v) is 1.89. The smallest absolute Gasteiger partial charge is 0.172 e. The molecule has 0 saturated carbocycles. The van der Waals surface area contributed by atoms with E-state index in [1.54, 1.807) is 7.11 Å². The van der Waals surface area contributed by atoms with Crippen molar-refractivity contribution in [3.05, 3.63) is 22.2 Å². The number of hydrogen-bond donors (Lipinski definition) is 2. The Morgan fingerprint density at radius 1 is 1.40 bits per heavy atom. The van der Waals surface area contributed by atoms with Crippen molar-refractivity contribution in [1.82, 2.24) is 0 Å². The molecule has 0 amide bonds. The van der Waals surface area contributed by atoms with Crippen LogP contribution in [0.2, 0.25) is 0 Å². The molecule has 0 fully saturated rings. The number of aromatic hydroxyl groups is 1. The summed E-state index contributed by atoms with van der Waals surface area (Å²) in [5, 5.41) is 9.60. The molecule has 0 aliphatic carbocycles. The average molecular weight is 274 g/mol. The highest BCUT2D eigenvalue weighted by Gasteiger charge is 2.07. The van der Waals surface area contributed by atoms with E-state index in [2.05, 4.69) is 15.9 Å². The molecule has 3 nitrogen and oxygen atoms in total. The molecule has 0 aliphatic rings. The van der Waals surface area contributed by atoms with Crippen LogP contribution in [0.15, 0.2) is 16.6 Å². The summed E-state index contributed by atoms with van der Waals surface area (Å²) in [5.74, 6) is 0.659. The second kappa shape index (κ2) is 5.98. The topological polar surface area (TPSA) is 55.5 Å². The van der Waals surface area contributed by atoms with Gasteiger partial charge >= 0.3 is 0 Å². The number of aryl methyl sites for hydroxylation is 1. The summed E-state index contributed by atoms with van der Waals surface area (Å²) in [5.41, 5.74) is 6.57. The van der Waals surface area contributed by atoms with Crippen molar-refractivity contribution in [2.45, 2.75) is 19.3 Å². The largest absolute Gasteiger partial charge is 0.503 e. The van der Waals surface area contributed by atoms with Gasteiger partial charge in [-0.3, -0.25) is 0 Å². The van der Waals surface area contributed by atoms with Gasteiger partial charge in [-0.25, -0.2) is 0 Å². The molecule has 0 aromatic heterocycles. The van der Waals surface area contributed by atoms with E-state index in [0.29, 0.717) is 10.2 Å². The Morgan fingerprint density at radius 2 is 2.13 bits per heavy atom. The third-order valence-corrected chi connectivity index (χ3v) is 2.83. The molecule has 0 heterocycles. The quantitative estimate of drug-likeness (QED) is 0.811. The van der Waals surface area contributed by atoms with Crippen LogP contribution in [0.3, 0.4) is 0 Å². The average Bonchev–Trinajstić information content (AvgIpc) is 2.23. The summed E-state index contributed by atoms with van der Waals surface area (Å²) >= 11 is 3.29. The normalized spacial score (nSPS) is 10.3. The van der Waals surface area contributed by atoms with E-state index in [0.717, 1.165) is 31.4 Å². The maximum atomic E-state index is 9.60. The number of hydrogen-bond acceptors (Lipinski definition) is 3. The van der Waals surface area contributed by atoms with Crippen molar-refractivity contribution in [2.24, 2.45) is 5.73 Å². The number of phenols is 1. The van der Waals surface area contributed by atoms with Crippen LogP contribution in [0.5, 0.6) is 11.5 Å². The van der Waals surface area contributed by atoms with Crippen LogP contribution in [0.25, 0.3) is 0 Å². The molecule has 1 aromatic rings. The lowest BCUT2D eigenvalue weighted by Gasteiger charge is -2.08. The summed E-state index contributed by atoms with van der Waals surface area (Å²) in [4.78, 5) is 0. The van der Waals surface area contributed by atoms with Crippen molar-refractivity contribution >= 4 is 15.9 Å². The van der Waals surface area contributed by atoms with Crippen LogP contribution < -0.4 is 10.5 Å². The highest BCUT2D eigenvalue weighted by molar-refractivity contribution is 9.10. The van der Waals surface area contributed by atoms with Crippen LogP contribution in [0.1, 0.15) is 18.4 Å². The predicted octanol–water partition coefficient (Wildman–Crippen LogP) is 2.44. The van der Waals surface area contributed by atoms with Gasteiger partial charge in [0.05, 0.1) is 11.6 Å². The Balaban J connectivity index is 2.77. The SMILES string of the molecule is COc1cc(CCCCN)cc(Br)c1O. The summed E-state index contributed by atoms with van der Waals surface area (Å²) in [6.45, 7) is 0.719. The number of halogens is 1. The molecular formula is C11H16BrNO2. The van der Waals surface area contributed by atoms with Crippen LogP contribution in [-0.4, -0.2) is 18.8 Å². The molecule has 0 unspecified atom stereocenters. The highest BCUT2D eigenvalue weighted by Crippen LogP contribution is 2.35. The minimum Gasteiger partial charge on any atom is -0.503 e. The number of nitrogens with two attached hydrogens (primary N) is 1. The van der Waals surface area contributed by atoms with Gasteiger partial charge in [0.1, 0.15) is 0 Å². The van der Waals surface area contributed by atoms with E-state index < -0.39 is 0 Å². The van der Waals surface area contributed by atoms with Crippen LogP contribution >= 0.6 is 15.9 Å². The second-order valence-corrected chi connectivity index (χ2v) is 4.23. The van der Waals surface area contributed by atoms with E-state index >= 15 is 0 Å². The zero-order valence-corrected chi connectivity index (χ0v) is 10.4. The number of unbranched alkanes of at least 4 members (excludes halogenated alkanes) is 1. The van der Waals surface area contributed by atoms with Gasteiger partial charge in [0.2, 0.25) is 0 Å². The van der Waals surface area contributed by atoms with Gasteiger partial charge < -0.3 is 15.6 Å². The molecule has 1 rings (SSSR count). The van der Waals surface area contributed by atoms with Crippen LogP contribution in [0, 0.1) is 0 Å². The maximum absolute atomic E-state index is 9.60. The molecule has 0 saturated heterocycles. The van der Waals surface area contributed by atoms with Gasteiger partial charge in [-0.05, 0) is 59.4 Å². The Labute approximate surface area is 98.4 Å². The van der Waals surface area contributed by atoms with Crippen LogP contribution in [0.4, 0.5) is 0 Å². The van der Waals surface area contributed by atoms with Gasteiger partial charge in [0, 0.05) is 0 Å². The molecule has 0 spiro atoms. The third kappa shape index (κ3) is 3.39. The Morgan fingerprint density at radius 3 is 2.73 bits per heavy atom. The first-order valence-corrected chi connectivity index (χ1v) is 5.73. The molecule has 0 aliphatic heterocycles. The number of benzene rings is 1. The van der Waals surface area contributed by atoms with E-state index in [9.17, 15) is 5.11 Å². The molecular weight excluding hydrogens is 258 g/mol. The van der Waals surface area contributed by atoms with E-state index in [1.165, 1.54) is 0 Å². The van der Waals surface area contributed by atoms with Gasteiger partial charge in [0.25, 0.3) is 0 Å². The van der Waals surface area contributed by atoms with Crippen molar-refractivity contribution in [3.63, 3.8) is 0 Å². The Bertz CT molecular complexity index is 329. The van der Waals surface area contributed by atoms with Crippen molar-refractivity contribution < 1.29 is 9.84 Å². The monoisotopic (exact) mass is 273 g/mol. The number of ether oxygens (including phenoxy) is 1. The molecule has 84 valence electrons. The lowest BCUT2D eigenvalue weighted by molar-refractivity contribution is 0.371. The first kappa shape index (κ1) is 12.3. The van der Waals surface area contributed by atoms with Crippen LogP contribution in [-0.2, 0) is 6.42 Å². The number of phenolic OH excluding ortho intramolecular Hbond substituents is 1. The summed E-state index contributed by atoms with van der Waals surface area (Å²) in [6.07, 6.45) is 3.02. The van der Waals surface area contributed by atoms with Crippen molar-refractivity contribution in [3.8, 4) is 11.5 Å². The van der Waals surface area contributed by atoms with Crippen molar-refractivity contribution in [2.75, 3.05) is 13.7 Å². The summed E-state index contributed by atoms with van der Waals surface area (Å²) in [7, 11) is 1.55. The number of methoxy groups -OCH3 is 1. The molecule has 4 heteroatoms. The zero-order valence-electron chi connectivity index (χ0n) is 8.79. The van der Waals surface area contributed by atoms with Gasteiger partial charge in [0.15, 0.2) is 11.5 Å². The molecule has 1 aromatic carbocycles.